The van der Waals surface area contributed by atoms with Gasteiger partial charge in [-0.1, -0.05) is 6.07 Å². The number of hydrogen-bond acceptors (Lipinski definition) is 2. The minimum atomic E-state index is 0.722. The van der Waals surface area contributed by atoms with Crippen LogP contribution in [-0.2, 0) is 6.54 Å². The summed E-state index contributed by atoms with van der Waals surface area (Å²) in [6.45, 7) is 6.92. The lowest BCUT2D eigenvalue weighted by atomic mass is 10.1. The van der Waals surface area contributed by atoms with Crippen molar-refractivity contribution in [1.82, 2.24) is 10.6 Å². The Morgan fingerprint density at radius 1 is 1.29 bits per heavy atom. The molecule has 1 aromatic carbocycles. The quantitative estimate of drug-likeness (QED) is 0.624. The van der Waals surface area contributed by atoms with E-state index >= 15 is 0 Å². The number of anilines is 1. The molecule has 0 atom stereocenters. The average molecular weight is 288 g/mol. The van der Waals surface area contributed by atoms with E-state index in [2.05, 4.69) is 61.7 Å². The van der Waals surface area contributed by atoms with E-state index in [1.165, 1.54) is 29.7 Å². The molecule has 0 spiro atoms. The Kier molecular flexibility index (Phi) is 5.48. The van der Waals surface area contributed by atoms with Crippen LogP contribution in [0.3, 0.4) is 0 Å². The van der Waals surface area contributed by atoms with Crippen molar-refractivity contribution in [2.75, 3.05) is 32.1 Å². The summed E-state index contributed by atoms with van der Waals surface area (Å²) >= 11 is 0. The number of nitrogens with zero attached hydrogens (tertiary/aromatic N) is 2. The Balaban J connectivity index is 1.98. The lowest BCUT2D eigenvalue weighted by Gasteiger charge is -2.15. The van der Waals surface area contributed by atoms with Gasteiger partial charge in [0.25, 0.3) is 0 Å². The zero-order valence-electron chi connectivity index (χ0n) is 13.7. The standard InChI is InChI=1S/C17H28N4/c1-5-18-17(19-11-14-6-7-14)20-12-15-8-9-16(21(3)4)10-13(15)2/h8-10,14H,5-7,11-12H2,1-4H3,(H2,18,19,20). The zero-order chi connectivity index (χ0) is 15.2. The van der Waals surface area contributed by atoms with Gasteiger partial charge in [-0.25, -0.2) is 4.99 Å². The van der Waals surface area contributed by atoms with Crippen LogP contribution in [-0.4, -0.2) is 33.1 Å². The smallest absolute Gasteiger partial charge is 0.191 e. The molecule has 1 aromatic rings. The summed E-state index contributed by atoms with van der Waals surface area (Å²) in [5.41, 5.74) is 3.81. The summed E-state index contributed by atoms with van der Waals surface area (Å²) in [6, 6.07) is 6.55. The Morgan fingerprint density at radius 3 is 2.62 bits per heavy atom. The van der Waals surface area contributed by atoms with Crippen molar-refractivity contribution in [2.24, 2.45) is 10.9 Å². The molecule has 0 saturated heterocycles. The molecule has 1 aliphatic rings. The van der Waals surface area contributed by atoms with Crippen LogP contribution in [0, 0.1) is 12.8 Å². The first-order chi connectivity index (χ1) is 10.1. The highest BCUT2D eigenvalue weighted by molar-refractivity contribution is 5.79. The Hall–Kier alpha value is -1.71. The highest BCUT2D eigenvalue weighted by atomic mass is 15.2. The SMILES string of the molecule is CCNC(=NCc1ccc(N(C)C)cc1C)NCC1CC1. The molecular formula is C17H28N4. The molecule has 4 nitrogen and oxygen atoms in total. The molecule has 0 aliphatic heterocycles. The summed E-state index contributed by atoms with van der Waals surface area (Å²) < 4.78 is 0. The molecule has 2 N–H and O–H groups in total. The van der Waals surface area contributed by atoms with E-state index in [1.54, 1.807) is 0 Å². The van der Waals surface area contributed by atoms with E-state index < -0.39 is 0 Å². The van der Waals surface area contributed by atoms with Crippen LogP contribution in [0.5, 0.6) is 0 Å². The largest absolute Gasteiger partial charge is 0.378 e. The van der Waals surface area contributed by atoms with Crippen molar-refractivity contribution in [2.45, 2.75) is 33.2 Å². The molecule has 0 amide bonds. The van der Waals surface area contributed by atoms with Crippen molar-refractivity contribution < 1.29 is 0 Å². The molecule has 0 heterocycles. The lowest BCUT2D eigenvalue weighted by molar-refractivity contribution is 0.739. The fourth-order valence-corrected chi connectivity index (χ4v) is 2.20. The molecule has 4 heteroatoms. The van der Waals surface area contributed by atoms with Crippen molar-refractivity contribution in [3.8, 4) is 0 Å². The second-order valence-electron chi connectivity index (χ2n) is 6.02. The van der Waals surface area contributed by atoms with Gasteiger partial charge >= 0.3 is 0 Å². The molecule has 0 unspecified atom stereocenters. The normalized spacial score (nSPS) is 15.0. The Morgan fingerprint density at radius 2 is 2.05 bits per heavy atom. The van der Waals surface area contributed by atoms with Gasteiger partial charge in [0.2, 0.25) is 0 Å². The van der Waals surface area contributed by atoms with E-state index in [0.29, 0.717) is 0 Å². The monoisotopic (exact) mass is 288 g/mol. The predicted molar refractivity (Wildman–Crippen MR) is 91.0 cm³/mol. The number of hydrogen-bond donors (Lipinski definition) is 2. The number of nitrogens with one attached hydrogen (secondary N) is 2. The van der Waals surface area contributed by atoms with Crippen molar-refractivity contribution in [3.05, 3.63) is 29.3 Å². The number of aliphatic imine (C=N–C) groups is 1. The second kappa shape index (κ2) is 7.34. The van der Waals surface area contributed by atoms with E-state index in [9.17, 15) is 0 Å². The summed E-state index contributed by atoms with van der Waals surface area (Å²) in [4.78, 5) is 6.83. The predicted octanol–water partition coefficient (Wildman–Crippen LogP) is 2.53. The minimum absolute atomic E-state index is 0.722. The van der Waals surface area contributed by atoms with Crippen LogP contribution < -0.4 is 15.5 Å². The molecular weight excluding hydrogens is 260 g/mol. The van der Waals surface area contributed by atoms with E-state index in [0.717, 1.165) is 31.5 Å². The Bertz CT molecular complexity index is 490. The van der Waals surface area contributed by atoms with Gasteiger partial charge in [-0.05, 0) is 55.9 Å². The average Bonchev–Trinajstić information content (AvgIpc) is 3.27. The van der Waals surface area contributed by atoms with Gasteiger partial charge in [-0.15, -0.1) is 0 Å². The topological polar surface area (TPSA) is 39.7 Å². The molecule has 1 saturated carbocycles. The van der Waals surface area contributed by atoms with Gasteiger partial charge in [0.05, 0.1) is 6.54 Å². The molecule has 1 fully saturated rings. The van der Waals surface area contributed by atoms with Gasteiger partial charge in [-0.2, -0.15) is 0 Å². The third-order valence-corrected chi connectivity index (χ3v) is 3.85. The molecule has 116 valence electrons. The lowest BCUT2D eigenvalue weighted by Crippen LogP contribution is -2.38. The molecule has 0 aromatic heterocycles. The molecule has 1 aliphatic carbocycles. The molecule has 0 radical (unpaired) electrons. The van der Waals surface area contributed by atoms with Gasteiger partial charge in [0.15, 0.2) is 5.96 Å². The van der Waals surface area contributed by atoms with Crippen LogP contribution in [0.4, 0.5) is 5.69 Å². The minimum Gasteiger partial charge on any atom is -0.378 e. The summed E-state index contributed by atoms with van der Waals surface area (Å²) in [5.74, 6) is 1.79. The second-order valence-corrected chi connectivity index (χ2v) is 6.02. The van der Waals surface area contributed by atoms with Crippen molar-refractivity contribution >= 4 is 11.6 Å². The fourth-order valence-electron chi connectivity index (χ4n) is 2.20. The van der Waals surface area contributed by atoms with Crippen LogP contribution in [0.15, 0.2) is 23.2 Å². The summed E-state index contributed by atoms with van der Waals surface area (Å²) in [7, 11) is 4.13. The highest BCUT2D eigenvalue weighted by Crippen LogP contribution is 2.27. The van der Waals surface area contributed by atoms with E-state index in [-0.39, 0.29) is 0 Å². The maximum atomic E-state index is 4.70. The van der Waals surface area contributed by atoms with Crippen LogP contribution in [0.25, 0.3) is 0 Å². The van der Waals surface area contributed by atoms with Crippen molar-refractivity contribution in [3.63, 3.8) is 0 Å². The van der Waals surface area contributed by atoms with Crippen LogP contribution in [0.2, 0.25) is 0 Å². The van der Waals surface area contributed by atoms with Gasteiger partial charge in [-0.3, -0.25) is 0 Å². The maximum Gasteiger partial charge on any atom is 0.191 e. The number of aryl methyl sites for hydroxylation is 1. The highest BCUT2D eigenvalue weighted by Gasteiger charge is 2.21. The number of guanidine groups is 1. The Labute approximate surface area is 128 Å². The summed E-state index contributed by atoms with van der Waals surface area (Å²) in [5, 5.41) is 6.75. The van der Waals surface area contributed by atoms with Gasteiger partial charge in [0, 0.05) is 32.9 Å². The first-order valence-electron chi connectivity index (χ1n) is 7.89. The number of rotatable bonds is 6. The molecule has 2 rings (SSSR count). The van der Waals surface area contributed by atoms with E-state index in [1.807, 2.05) is 0 Å². The van der Waals surface area contributed by atoms with Gasteiger partial charge < -0.3 is 15.5 Å². The fraction of sp³-hybridized carbons (Fsp3) is 0.588. The van der Waals surface area contributed by atoms with Crippen molar-refractivity contribution in [1.29, 1.82) is 0 Å². The first-order valence-corrected chi connectivity index (χ1v) is 7.89. The van der Waals surface area contributed by atoms with Gasteiger partial charge in [0.1, 0.15) is 0 Å². The first kappa shape index (κ1) is 15.7. The van der Waals surface area contributed by atoms with Crippen LogP contribution in [0.1, 0.15) is 30.9 Å². The molecule has 0 bridgehead atoms. The van der Waals surface area contributed by atoms with Crippen LogP contribution >= 0.6 is 0 Å². The molecule has 21 heavy (non-hydrogen) atoms. The third-order valence-electron chi connectivity index (χ3n) is 3.85. The maximum absolute atomic E-state index is 4.70. The zero-order valence-corrected chi connectivity index (χ0v) is 13.7. The van der Waals surface area contributed by atoms with E-state index in [4.69, 9.17) is 4.99 Å². The number of benzene rings is 1. The third kappa shape index (κ3) is 4.96. The summed E-state index contributed by atoms with van der Waals surface area (Å²) in [6.07, 6.45) is 2.72.